The Morgan fingerprint density at radius 1 is 1.16 bits per heavy atom. The summed E-state index contributed by atoms with van der Waals surface area (Å²) in [6, 6.07) is 0. The third kappa shape index (κ3) is 9.24. The zero-order valence-corrected chi connectivity index (χ0v) is 18.2. The maximum Gasteiger partial charge on any atom is 1.00 e. The summed E-state index contributed by atoms with van der Waals surface area (Å²) < 4.78 is 40.5. The van der Waals surface area contributed by atoms with Gasteiger partial charge in [-0.25, -0.2) is 0 Å². The topological polar surface area (TPSA) is 189 Å². The van der Waals surface area contributed by atoms with Gasteiger partial charge >= 0.3 is 51.4 Å². The van der Waals surface area contributed by atoms with Crippen LogP contribution in [0.5, 0.6) is 0 Å². The van der Waals surface area contributed by atoms with E-state index in [0.717, 1.165) is 0 Å². The van der Waals surface area contributed by atoms with Gasteiger partial charge in [0, 0.05) is 6.61 Å². The molecule has 0 bridgehead atoms. The molecule has 0 aromatic carbocycles. The summed E-state index contributed by atoms with van der Waals surface area (Å²) in [5.74, 6) is 0. The zero-order valence-electron chi connectivity index (χ0n) is 13.5. The van der Waals surface area contributed by atoms with Gasteiger partial charge in [0.05, 0.1) is 6.61 Å². The Hall–Kier alpha value is 1.13. The number of thioether (sulfide) groups is 1. The molecule has 1 aliphatic heterocycles. The van der Waals surface area contributed by atoms with Gasteiger partial charge < -0.3 is 34.8 Å². The molecule has 1 rings (SSSR count). The molecule has 1 fully saturated rings. The summed E-state index contributed by atoms with van der Waals surface area (Å²) in [6.45, 7) is -0.733. The molecule has 0 unspecified atom stereocenters. The number of hydrogen-bond donors (Lipinski definition) is 5. The summed E-state index contributed by atoms with van der Waals surface area (Å²) in [4.78, 5) is 0. The first-order chi connectivity index (χ1) is 11.2. The number of nitrogens with zero attached hydrogens (tertiary/aromatic N) is 1. The van der Waals surface area contributed by atoms with Crippen molar-refractivity contribution in [2.24, 2.45) is 5.16 Å². The van der Waals surface area contributed by atoms with E-state index in [0.29, 0.717) is 24.6 Å². The van der Waals surface area contributed by atoms with Crippen LogP contribution in [0.25, 0.3) is 0 Å². The molecule has 0 amide bonds. The van der Waals surface area contributed by atoms with Crippen molar-refractivity contribution >= 4 is 27.2 Å². The molecular weight excluding hydrogens is 409 g/mol. The van der Waals surface area contributed by atoms with Gasteiger partial charge in [-0.15, -0.1) is 0 Å². The Morgan fingerprint density at radius 3 is 2.32 bits per heavy atom. The Morgan fingerprint density at radius 2 is 1.80 bits per heavy atom. The van der Waals surface area contributed by atoms with Gasteiger partial charge in [0.2, 0.25) is 0 Å². The molecule has 5 N–H and O–H groups in total. The average molecular weight is 430 g/mol. The number of aliphatic hydroxyl groups excluding tert-OH is 5. The summed E-state index contributed by atoms with van der Waals surface area (Å²) >= 11 is 0.675. The minimum absolute atomic E-state index is 0. The number of rotatable bonds is 8. The average Bonchev–Trinajstić information content (AvgIpc) is 2.52. The first-order valence-electron chi connectivity index (χ1n) is 6.99. The van der Waals surface area contributed by atoms with Gasteiger partial charge in [0.15, 0.2) is 0 Å². The molecule has 1 heterocycles. The predicted octanol–water partition coefficient (Wildman–Crippen LogP) is -5.52. The Bertz CT molecular complexity index is 517. The van der Waals surface area contributed by atoms with Crippen molar-refractivity contribution in [3.63, 3.8) is 0 Å². The number of aliphatic hydroxyl groups is 5. The molecule has 14 heteroatoms. The van der Waals surface area contributed by atoms with E-state index in [4.69, 9.17) is 14.9 Å². The van der Waals surface area contributed by atoms with Crippen LogP contribution in [0.15, 0.2) is 5.16 Å². The Balaban J connectivity index is 0.00000576. The van der Waals surface area contributed by atoms with Gasteiger partial charge in [-0.3, -0.25) is 4.28 Å². The van der Waals surface area contributed by atoms with Crippen molar-refractivity contribution in [2.45, 2.75) is 49.1 Å². The fourth-order valence-electron chi connectivity index (χ4n) is 1.90. The van der Waals surface area contributed by atoms with Crippen LogP contribution in [0.1, 0.15) is 19.3 Å². The minimum Gasteiger partial charge on any atom is -0.714 e. The SMILES string of the molecule is O=S(=O)([O-])O/N=C(\CCCCO)S[C@@H]1O[C@H](CO)[C@@H](O)[C@H](O)[C@H]1O.[K+]. The third-order valence-electron chi connectivity index (χ3n) is 3.13. The molecule has 11 nitrogen and oxygen atoms in total. The van der Waals surface area contributed by atoms with Crippen LogP contribution in [-0.4, -0.2) is 86.6 Å². The fourth-order valence-corrected chi connectivity index (χ4v) is 3.24. The second-order valence-electron chi connectivity index (χ2n) is 4.96. The maximum atomic E-state index is 10.5. The molecule has 0 aromatic heterocycles. The number of ether oxygens (including phenoxy) is 1. The molecule has 0 spiro atoms. The number of hydrogen-bond acceptors (Lipinski definition) is 12. The summed E-state index contributed by atoms with van der Waals surface area (Å²) in [6.07, 6.45) is -4.97. The molecule has 25 heavy (non-hydrogen) atoms. The van der Waals surface area contributed by atoms with Gasteiger partial charge in [0.1, 0.15) is 34.9 Å². The summed E-state index contributed by atoms with van der Waals surface area (Å²) in [5, 5.41) is 50.3. The Labute approximate surface area is 191 Å². The van der Waals surface area contributed by atoms with Crippen LogP contribution in [-0.2, 0) is 19.4 Å². The van der Waals surface area contributed by atoms with Gasteiger partial charge in [-0.05, 0) is 19.3 Å². The third-order valence-corrected chi connectivity index (χ3v) is 4.56. The first-order valence-corrected chi connectivity index (χ1v) is 9.20. The van der Waals surface area contributed by atoms with E-state index < -0.39 is 46.9 Å². The summed E-state index contributed by atoms with van der Waals surface area (Å²) in [7, 11) is -5.07. The predicted molar refractivity (Wildman–Crippen MR) is 80.5 cm³/mol. The van der Waals surface area contributed by atoms with Crippen molar-refractivity contribution in [1.29, 1.82) is 0 Å². The van der Waals surface area contributed by atoms with Crippen molar-refractivity contribution in [1.82, 2.24) is 0 Å². The van der Waals surface area contributed by atoms with E-state index >= 15 is 0 Å². The van der Waals surface area contributed by atoms with E-state index in [1.54, 1.807) is 0 Å². The van der Waals surface area contributed by atoms with E-state index in [-0.39, 0.29) is 69.5 Å². The maximum absolute atomic E-state index is 10.5. The van der Waals surface area contributed by atoms with Crippen LogP contribution in [0.2, 0.25) is 0 Å². The van der Waals surface area contributed by atoms with Crippen LogP contribution in [0.4, 0.5) is 0 Å². The molecular formula is C11H20KNO10S2. The normalized spacial score (nSPS) is 30.6. The van der Waals surface area contributed by atoms with Crippen LogP contribution in [0, 0.1) is 0 Å². The quantitative estimate of drug-likeness (QED) is 0.0470. The molecule has 5 atom stereocenters. The Kier molecular flexibility index (Phi) is 13.1. The minimum atomic E-state index is -5.07. The van der Waals surface area contributed by atoms with Crippen molar-refractivity contribution in [3.8, 4) is 0 Å². The monoisotopic (exact) mass is 429 g/mol. The van der Waals surface area contributed by atoms with Crippen LogP contribution >= 0.6 is 11.8 Å². The van der Waals surface area contributed by atoms with Crippen LogP contribution in [0.3, 0.4) is 0 Å². The van der Waals surface area contributed by atoms with Crippen molar-refractivity contribution in [2.75, 3.05) is 13.2 Å². The molecule has 1 aliphatic rings. The zero-order chi connectivity index (χ0) is 18.3. The molecule has 0 aliphatic carbocycles. The fraction of sp³-hybridized carbons (Fsp3) is 0.909. The standard InChI is InChI=1S/C11H21NO10S2.K/c13-4-2-1-3-7(12-22-24(18,19)20)23-11-10(17)9(16)8(15)6(5-14)21-11;/h6,8-11,13-17H,1-5H2,(H,18,19,20);/q;+1/p-1/b12-7+;/t6-,8-,9+,10-,11+;/m1./s1. The van der Waals surface area contributed by atoms with Gasteiger partial charge in [0.25, 0.3) is 10.4 Å². The molecule has 0 aromatic rings. The number of oxime groups is 1. The van der Waals surface area contributed by atoms with Gasteiger partial charge in [-0.1, -0.05) is 16.9 Å². The van der Waals surface area contributed by atoms with Crippen molar-refractivity contribution in [3.05, 3.63) is 0 Å². The van der Waals surface area contributed by atoms with Gasteiger partial charge in [-0.2, -0.15) is 8.42 Å². The molecule has 0 radical (unpaired) electrons. The van der Waals surface area contributed by atoms with E-state index in [2.05, 4.69) is 9.44 Å². The first kappa shape index (κ1) is 26.1. The second kappa shape index (κ2) is 12.6. The van der Waals surface area contributed by atoms with E-state index in [1.807, 2.05) is 0 Å². The smallest absolute Gasteiger partial charge is 0.714 e. The largest absolute Gasteiger partial charge is 1.00 e. The molecule has 142 valence electrons. The molecule has 0 saturated carbocycles. The van der Waals surface area contributed by atoms with E-state index in [1.165, 1.54) is 0 Å². The van der Waals surface area contributed by atoms with Crippen LogP contribution < -0.4 is 51.4 Å². The van der Waals surface area contributed by atoms with E-state index in [9.17, 15) is 28.3 Å². The number of unbranched alkanes of at least 4 members (excludes halogenated alkanes) is 1. The summed E-state index contributed by atoms with van der Waals surface area (Å²) in [5.41, 5.74) is -1.19. The second-order valence-corrected chi connectivity index (χ2v) is 7.10. The van der Waals surface area contributed by atoms with Crippen molar-refractivity contribution < 1.29 is 98.9 Å². The molecule has 1 saturated heterocycles.